The molecular weight excluding hydrogens is 1370 g/mol. The summed E-state index contributed by atoms with van der Waals surface area (Å²) in [6, 6.07) is 43.9. The van der Waals surface area contributed by atoms with Crippen molar-refractivity contribution >= 4 is 129 Å². The van der Waals surface area contributed by atoms with E-state index in [9.17, 15) is 0 Å². The molecule has 0 bridgehead atoms. The number of nitrogens with zero attached hydrogens (tertiary/aromatic N) is 2. The SMILES string of the molecule is CCCCCCCCCCCCc1cc2c3cc(CCCCCCCCCCCC)cc4c5cc(CCCCCCCCCCCC)cc6c7cc(-c8ccc(-c9ccccn9)nc8)cc8c9cc(CCCCCCCCCCCC)cc%10c%11cc(CCCCCCCCCCCC)cc%12c(c1)c2c1c(c34)c(c56)c(c78)c(c%109)c1c%12%11. The summed E-state index contributed by atoms with van der Waals surface area (Å²) in [6.45, 7) is 11.7. The molecule has 13 aromatic carbocycles. The average Bonchev–Trinajstić information content (AvgIpc) is 0.642. The van der Waals surface area contributed by atoms with Crippen LogP contribution in [0.5, 0.6) is 0 Å². The van der Waals surface area contributed by atoms with Gasteiger partial charge in [-0.2, -0.15) is 0 Å². The monoisotopic (exact) mass is 1520 g/mol. The van der Waals surface area contributed by atoms with Gasteiger partial charge < -0.3 is 0 Å². The van der Waals surface area contributed by atoms with Gasteiger partial charge in [0.1, 0.15) is 0 Å². The number of hydrogen-bond acceptors (Lipinski definition) is 2. The Labute approximate surface area is 688 Å². The van der Waals surface area contributed by atoms with Crippen molar-refractivity contribution in [2.45, 2.75) is 388 Å². The molecule has 0 unspecified atom stereocenters. The number of fused-ring (bicyclic) bond motifs is 6. The molecule has 0 N–H and O–H groups in total. The van der Waals surface area contributed by atoms with Gasteiger partial charge >= 0.3 is 0 Å². The van der Waals surface area contributed by atoms with E-state index in [0.717, 1.165) is 43.5 Å². The number of benzene rings is 13. The highest BCUT2D eigenvalue weighted by Crippen LogP contribution is 2.61. The third kappa shape index (κ3) is 18.6. The van der Waals surface area contributed by atoms with Crippen LogP contribution in [0.1, 0.15) is 383 Å². The van der Waals surface area contributed by atoms with Gasteiger partial charge in [0.05, 0.1) is 11.4 Å². The molecule has 114 heavy (non-hydrogen) atoms. The van der Waals surface area contributed by atoms with Crippen LogP contribution in [-0.4, -0.2) is 9.97 Å². The van der Waals surface area contributed by atoms with Crippen LogP contribution in [0.3, 0.4) is 0 Å². The van der Waals surface area contributed by atoms with Gasteiger partial charge in [0, 0.05) is 18.0 Å². The van der Waals surface area contributed by atoms with E-state index in [1.54, 1.807) is 59.8 Å². The van der Waals surface area contributed by atoms with E-state index in [1.807, 2.05) is 12.3 Å². The third-order valence-corrected chi connectivity index (χ3v) is 28.0. The average molecular weight is 1520 g/mol. The number of pyridine rings is 2. The molecule has 0 aliphatic rings. The fourth-order valence-electron chi connectivity index (χ4n) is 21.8. The predicted molar refractivity (Wildman–Crippen MR) is 508 cm³/mol. The van der Waals surface area contributed by atoms with E-state index in [2.05, 4.69) is 138 Å². The highest BCUT2D eigenvalue weighted by molar-refractivity contribution is 6.61. The number of hydrogen-bond donors (Lipinski definition) is 0. The molecule has 0 radical (unpaired) electrons. The molecule has 602 valence electrons. The molecule has 2 heterocycles. The lowest BCUT2D eigenvalue weighted by atomic mass is 9.72. The predicted octanol–water partition coefficient (Wildman–Crippen LogP) is 36.6. The molecule has 0 aliphatic heterocycles. The Hall–Kier alpha value is -7.16. The fourth-order valence-corrected chi connectivity index (χ4v) is 21.8. The maximum absolute atomic E-state index is 5.28. The first-order chi connectivity index (χ1) is 56.5. The summed E-state index contributed by atoms with van der Waals surface area (Å²) >= 11 is 0. The van der Waals surface area contributed by atoms with Gasteiger partial charge in [-0.25, -0.2) is 0 Å². The second-order valence-electron chi connectivity index (χ2n) is 36.8. The molecule has 0 amide bonds. The first kappa shape index (κ1) is 82.0. The molecule has 15 aromatic rings. The zero-order valence-corrected chi connectivity index (χ0v) is 72.3. The smallest absolute Gasteiger partial charge is 0.0886 e. The zero-order valence-electron chi connectivity index (χ0n) is 72.3. The summed E-state index contributed by atoms with van der Waals surface area (Å²) in [6.07, 6.45) is 77.5. The molecule has 0 fully saturated rings. The van der Waals surface area contributed by atoms with Gasteiger partial charge in [0.15, 0.2) is 0 Å². The van der Waals surface area contributed by atoms with E-state index < -0.39 is 0 Å². The van der Waals surface area contributed by atoms with Crippen LogP contribution in [0.15, 0.2) is 116 Å². The Morgan fingerprint density at radius 3 is 0.570 bits per heavy atom. The normalized spacial score (nSPS) is 12.6. The maximum atomic E-state index is 5.28. The van der Waals surface area contributed by atoms with Crippen molar-refractivity contribution in [3.8, 4) is 22.5 Å². The van der Waals surface area contributed by atoms with Crippen LogP contribution in [0, 0.1) is 0 Å². The Kier molecular flexibility index (Phi) is 29.7. The van der Waals surface area contributed by atoms with Gasteiger partial charge in [-0.15, -0.1) is 0 Å². The van der Waals surface area contributed by atoms with Gasteiger partial charge in [-0.3, -0.25) is 9.97 Å². The van der Waals surface area contributed by atoms with Crippen molar-refractivity contribution in [1.29, 1.82) is 0 Å². The highest BCUT2D eigenvalue weighted by Gasteiger charge is 2.33. The van der Waals surface area contributed by atoms with Crippen molar-refractivity contribution in [1.82, 2.24) is 9.97 Å². The molecule has 0 spiro atoms. The summed E-state index contributed by atoms with van der Waals surface area (Å²) in [5.74, 6) is 0. The molecule has 0 atom stereocenters. The van der Waals surface area contributed by atoms with Crippen molar-refractivity contribution in [2.24, 2.45) is 0 Å². The van der Waals surface area contributed by atoms with Crippen LogP contribution in [0.2, 0.25) is 0 Å². The molecule has 2 aromatic heterocycles. The summed E-state index contributed by atoms with van der Waals surface area (Å²) in [5.41, 5.74) is 12.0. The lowest BCUT2D eigenvalue weighted by Crippen LogP contribution is -2.03. The van der Waals surface area contributed by atoms with Crippen LogP contribution < -0.4 is 0 Å². The minimum absolute atomic E-state index is 0.919. The van der Waals surface area contributed by atoms with Crippen LogP contribution >= 0.6 is 0 Å². The van der Waals surface area contributed by atoms with Crippen molar-refractivity contribution in [3.05, 3.63) is 143 Å². The number of rotatable bonds is 57. The van der Waals surface area contributed by atoms with E-state index in [1.165, 1.54) is 429 Å². The van der Waals surface area contributed by atoms with Crippen molar-refractivity contribution < 1.29 is 0 Å². The molecule has 2 heteroatoms. The van der Waals surface area contributed by atoms with E-state index in [-0.39, 0.29) is 0 Å². The molecule has 0 saturated heterocycles. The third-order valence-electron chi connectivity index (χ3n) is 28.0. The van der Waals surface area contributed by atoms with Crippen LogP contribution in [0.4, 0.5) is 0 Å². The number of aromatic nitrogens is 2. The van der Waals surface area contributed by atoms with Gasteiger partial charge in [0.2, 0.25) is 0 Å². The number of unbranched alkanes of at least 4 members (excludes halogenated alkanes) is 45. The largest absolute Gasteiger partial charge is 0.255 e. The summed E-state index contributed by atoms with van der Waals surface area (Å²) in [4.78, 5) is 10.1. The van der Waals surface area contributed by atoms with E-state index in [4.69, 9.17) is 9.97 Å². The first-order valence-electron chi connectivity index (χ1n) is 48.7. The molecule has 0 aliphatic carbocycles. The second-order valence-corrected chi connectivity index (χ2v) is 36.8. The first-order valence-corrected chi connectivity index (χ1v) is 48.7. The second kappa shape index (κ2) is 41.3. The van der Waals surface area contributed by atoms with Crippen molar-refractivity contribution in [3.63, 3.8) is 0 Å². The Balaban J connectivity index is 0.958. The summed E-state index contributed by atoms with van der Waals surface area (Å²) < 4.78 is 0. The zero-order chi connectivity index (χ0) is 77.8. The Morgan fingerprint density at radius 2 is 0.377 bits per heavy atom. The molecule has 2 nitrogen and oxygen atoms in total. The van der Waals surface area contributed by atoms with Gasteiger partial charge in [0.25, 0.3) is 0 Å². The fraction of sp³-hybridized carbons (Fsp3) is 0.536. The minimum atomic E-state index is 0.919. The van der Waals surface area contributed by atoms with Crippen molar-refractivity contribution in [2.75, 3.05) is 0 Å². The molecule has 15 rings (SSSR count). The molecule has 0 saturated carbocycles. The molecular formula is C112H144N2. The quantitative estimate of drug-likeness (QED) is 0.0216. The minimum Gasteiger partial charge on any atom is -0.255 e. The maximum Gasteiger partial charge on any atom is 0.0886 e. The van der Waals surface area contributed by atoms with E-state index in [0.29, 0.717) is 0 Å². The standard InChI is InChI=1S/C112H144N2/c1-6-11-16-21-26-31-36-41-46-51-58-80-67-87-89-69-81(59-52-47-42-37-32-27-22-17-12-7-2)71-91-93-73-83(61-54-49-44-39-34-29-24-19-14-9-4)75-95-97-77-86(85-64-65-100(114-79-85)99-63-56-57-66-113-99)78-98-96-76-84(62-55-50-45-40-35-30-25-20-15-10-5)74-94-92-72-82(60-53-48-43-38-33-28-23-18-13-8-3)70-90-88(68-80)101(87)107-108(102(89)91)110(104(93)95)112(106(97)98)111(105(94)96)109(107)103(90)92/h56-57,63-79H,6-55,58-62H2,1-5H3. The van der Waals surface area contributed by atoms with Gasteiger partial charge in [-0.05, 0) is 257 Å². The highest BCUT2D eigenvalue weighted by atomic mass is 14.8. The topological polar surface area (TPSA) is 25.8 Å². The van der Waals surface area contributed by atoms with Crippen LogP contribution in [0.25, 0.3) is 152 Å². The lowest BCUT2D eigenvalue weighted by molar-refractivity contribution is 0.556. The summed E-state index contributed by atoms with van der Waals surface area (Å²) in [7, 11) is 0. The summed E-state index contributed by atoms with van der Waals surface area (Å²) in [5, 5.41) is 36.3. The Bertz CT molecular complexity index is 5110. The number of aryl methyl sites for hydroxylation is 5. The lowest BCUT2D eigenvalue weighted by Gasteiger charge is -2.30. The van der Waals surface area contributed by atoms with Crippen LogP contribution in [-0.2, 0) is 32.1 Å². The van der Waals surface area contributed by atoms with Gasteiger partial charge in [-0.1, -0.05) is 396 Å². The Morgan fingerprint density at radius 1 is 0.175 bits per heavy atom. The van der Waals surface area contributed by atoms with E-state index >= 15 is 0 Å².